The number of carbonyl (C=O) groups is 1. The summed E-state index contributed by atoms with van der Waals surface area (Å²) >= 11 is 5.91. The SMILES string of the molecule is Cc1cc(Cl)ccc1NC(=O)c1cnc(Nc2ccccc2C#N)cn1. The molecule has 0 spiro atoms. The molecule has 0 atom stereocenters. The Hall–Kier alpha value is -3.43. The molecule has 6 nitrogen and oxygen atoms in total. The molecule has 0 aliphatic heterocycles. The lowest BCUT2D eigenvalue weighted by Gasteiger charge is -2.09. The maximum absolute atomic E-state index is 12.3. The average Bonchev–Trinajstić information content (AvgIpc) is 2.65. The van der Waals surface area contributed by atoms with Gasteiger partial charge in [-0.2, -0.15) is 5.26 Å². The van der Waals surface area contributed by atoms with Gasteiger partial charge in [-0.15, -0.1) is 0 Å². The third-order valence-corrected chi connectivity index (χ3v) is 3.87. The van der Waals surface area contributed by atoms with E-state index in [9.17, 15) is 4.79 Å². The lowest BCUT2D eigenvalue weighted by Crippen LogP contribution is -2.15. The molecule has 0 aliphatic rings. The second kappa shape index (κ2) is 7.64. The molecule has 1 heterocycles. The van der Waals surface area contributed by atoms with Crippen LogP contribution in [0.1, 0.15) is 21.6 Å². The van der Waals surface area contributed by atoms with Crippen molar-refractivity contribution in [3.8, 4) is 6.07 Å². The number of benzene rings is 2. The van der Waals surface area contributed by atoms with Crippen LogP contribution in [0, 0.1) is 18.3 Å². The van der Waals surface area contributed by atoms with Gasteiger partial charge < -0.3 is 10.6 Å². The number of aryl methyl sites for hydroxylation is 1. The van der Waals surface area contributed by atoms with Crippen LogP contribution in [0.4, 0.5) is 17.2 Å². The first-order valence-corrected chi connectivity index (χ1v) is 8.10. The summed E-state index contributed by atoms with van der Waals surface area (Å²) in [6.45, 7) is 1.85. The molecular weight excluding hydrogens is 350 g/mol. The van der Waals surface area contributed by atoms with Crippen LogP contribution in [0.3, 0.4) is 0 Å². The number of anilines is 3. The zero-order chi connectivity index (χ0) is 18.5. The summed E-state index contributed by atoms with van der Waals surface area (Å²) in [5.41, 5.74) is 2.81. The van der Waals surface area contributed by atoms with Gasteiger partial charge in [0.25, 0.3) is 5.91 Å². The number of nitriles is 1. The maximum atomic E-state index is 12.3. The van der Waals surface area contributed by atoms with E-state index in [0.717, 1.165) is 5.56 Å². The molecule has 0 saturated carbocycles. The number of nitrogens with one attached hydrogen (secondary N) is 2. The summed E-state index contributed by atoms with van der Waals surface area (Å²) < 4.78 is 0. The molecule has 0 aliphatic carbocycles. The molecule has 26 heavy (non-hydrogen) atoms. The van der Waals surface area contributed by atoms with E-state index < -0.39 is 0 Å². The standard InChI is InChI=1S/C19H14ClN5O/c1-12-8-14(20)6-7-15(12)25-19(26)17-10-23-18(11-22-17)24-16-5-3-2-4-13(16)9-21/h2-8,10-11H,1H3,(H,23,24)(H,25,26). The molecule has 1 aromatic heterocycles. The highest BCUT2D eigenvalue weighted by Crippen LogP contribution is 2.21. The number of para-hydroxylation sites is 1. The van der Waals surface area contributed by atoms with Gasteiger partial charge in [-0.05, 0) is 42.8 Å². The molecule has 0 unspecified atom stereocenters. The Bertz CT molecular complexity index is 996. The Kier molecular flexibility index (Phi) is 5.11. The summed E-state index contributed by atoms with van der Waals surface area (Å²) in [7, 11) is 0. The second-order valence-electron chi connectivity index (χ2n) is 5.48. The van der Waals surface area contributed by atoms with Crippen LogP contribution in [0.25, 0.3) is 0 Å². The fourth-order valence-electron chi connectivity index (χ4n) is 2.29. The quantitative estimate of drug-likeness (QED) is 0.720. The average molecular weight is 364 g/mol. The highest BCUT2D eigenvalue weighted by molar-refractivity contribution is 6.30. The van der Waals surface area contributed by atoms with Crippen LogP contribution >= 0.6 is 11.6 Å². The van der Waals surface area contributed by atoms with Crippen molar-refractivity contribution in [2.45, 2.75) is 6.92 Å². The third-order valence-electron chi connectivity index (χ3n) is 3.63. The molecule has 128 valence electrons. The molecular formula is C19H14ClN5O. The van der Waals surface area contributed by atoms with Gasteiger partial charge in [0, 0.05) is 10.7 Å². The van der Waals surface area contributed by atoms with E-state index >= 15 is 0 Å². The molecule has 1 amide bonds. The minimum Gasteiger partial charge on any atom is -0.338 e. The first-order valence-electron chi connectivity index (χ1n) is 7.72. The second-order valence-corrected chi connectivity index (χ2v) is 5.92. The van der Waals surface area contributed by atoms with Crippen LogP contribution in [0.5, 0.6) is 0 Å². The fourth-order valence-corrected chi connectivity index (χ4v) is 2.52. The van der Waals surface area contributed by atoms with Crippen LogP contribution in [-0.4, -0.2) is 15.9 Å². The van der Waals surface area contributed by atoms with Crippen molar-refractivity contribution >= 4 is 34.7 Å². The van der Waals surface area contributed by atoms with Gasteiger partial charge >= 0.3 is 0 Å². The number of amides is 1. The fraction of sp³-hybridized carbons (Fsp3) is 0.0526. The number of aromatic nitrogens is 2. The number of nitrogens with zero attached hydrogens (tertiary/aromatic N) is 3. The lowest BCUT2D eigenvalue weighted by molar-refractivity contribution is 0.102. The summed E-state index contributed by atoms with van der Waals surface area (Å²) in [6, 6.07) is 14.4. The molecule has 2 aromatic carbocycles. The molecule has 0 bridgehead atoms. The highest BCUT2D eigenvalue weighted by atomic mass is 35.5. The Morgan fingerprint density at radius 1 is 1.12 bits per heavy atom. The largest absolute Gasteiger partial charge is 0.338 e. The Labute approximate surface area is 155 Å². The van der Waals surface area contributed by atoms with Crippen LogP contribution in [0.15, 0.2) is 54.9 Å². The topological polar surface area (TPSA) is 90.7 Å². The van der Waals surface area contributed by atoms with Gasteiger partial charge in [-0.1, -0.05) is 23.7 Å². The van der Waals surface area contributed by atoms with Crippen LogP contribution in [-0.2, 0) is 0 Å². The predicted octanol–water partition coefficient (Wildman–Crippen LogP) is 4.31. The van der Waals surface area contributed by atoms with Crippen molar-refractivity contribution < 1.29 is 4.79 Å². The molecule has 0 saturated heterocycles. The number of rotatable bonds is 4. The van der Waals surface area contributed by atoms with Crippen molar-refractivity contribution in [3.63, 3.8) is 0 Å². The Morgan fingerprint density at radius 2 is 1.92 bits per heavy atom. The van der Waals surface area contributed by atoms with Crippen molar-refractivity contribution in [2.75, 3.05) is 10.6 Å². The molecule has 0 radical (unpaired) electrons. The van der Waals surface area contributed by atoms with Gasteiger partial charge in [0.15, 0.2) is 0 Å². The van der Waals surface area contributed by atoms with Crippen molar-refractivity contribution in [1.82, 2.24) is 9.97 Å². The minimum absolute atomic E-state index is 0.179. The van der Waals surface area contributed by atoms with E-state index in [2.05, 4.69) is 26.7 Å². The van der Waals surface area contributed by atoms with E-state index in [1.54, 1.807) is 36.4 Å². The van der Waals surface area contributed by atoms with E-state index in [1.165, 1.54) is 12.4 Å². The maximum Gasteiger partial charge on any atom is 0.275 e. The van der Waals surface area contributed by atoms with Gasteiger partial charge in [-0.3, -0.25) is 4.79 Å². The van der Waals surface area contributed by atoms with Gasteiger partial charge in [0.1, 0.15) is 17.6 Å². The summed E-state index contributed by atoms with van der Waals surface area (Å²) in [5.74, 6) is 0.0684. The molecule has 3 rings (SSSR count). The Morgan fingerprint density at radius 3 is 2.62 bits per heavy atom. The zero-order valence-corrected chi connectivity index (χ0v) is 14.6. The summed E-state index contributed by atoms with van der Waals surface area (Å²) in [4.78, 5) is 20.6. The van der Waals surface area contributed by atoms with Crippen molar-refractivity contribution in [3.05, 3.63) is 76.7 Å². The summed E-state index contributed by atoms with van der Waals surface area (Å²) in [6.07, 6.45) is 2.82. The molecule has 0 fully saturated rings. The lowest BCUT2D eigenvalue weighted by atomic mass is 10.2. The Balaban J connectivity index is 1.73. The third kappa shape index (κ3) is 3.97. The van der Waals surface area contributed by atoms with Crippen LogP contribution in [0.2, 0.25) is 5.02 Å². The molecule has 3 aromatic rings. The normalized spacial score (nSPS) is 10.0. The molecule has 7 heteroatoms. The van der Waals surface area contributed by atoms with Crippen molar-refractivity contribution in [2.24, 2.45) is 0 Å². The smallest absolute Gasteiger partial charge is 0.275 e. The van der Waals surface area contributed by atoms with E-state index in [4.69, 9.17) is 16.9 Å². The number of hydrogen-bond acceptors (Lipinski definition) is 5. The number of halogens is 1. The van der Waals surface area contributed by atoms with E-state index in [-0.39, 0.29) is 11.6 Å². The molecule has 2 N–H and O–H groups in total. The van der Waals surface area contributed by atoms with Crippen molar-refractivity contribution in [1.29, 1.82) is 5.26 Å². The predicted molar refractivity (Wildman–Crippen MR) is 101 cm³/mol. The van der Waals surface area contributed by atoms with E-state index in [0.29, 0.717) is 27.8 Å². The number of hydrogen-bond donors (Lipinski definition) is 2. The van der Waals surface area contributed by atoms with Gasteiger partial charge in [-0.25, -0.2) is 9.97 Å². The zero-order valence-electron chi connectivity index (χ0n) is 13.8. The first-order chi connectivity index (χ1) is 12.6. The van der Waals surface area contributed by atoms with Crippen LogP contribution < -0.4 is 10.6 Å². The highest BCUT2D eigenvalue weighted by Gasteiger charge is 2.11. The monoisotopic (exact) mass is 363 g/mol. The summed E-state index contributed by atoms with van der Waals surface area (Å²) in [5, 5.41) is 15.5. The minimum atomic E-state index is -0.369. The van der Waals surface area contributed by atoms with Gasteiger partial charge in [0.05, 0.1) is 23.6 Å². The number of carbonyl (C=O) groups excluding carboxylic acids is 1. The first kappa shape index (κ1) is 17.4. The van der Waals surface area contributed by atoms with E-state index in [1.807, 2.05) is 13.0 Å². The van der Waals surface area contributed by atoms with Gasteiger partial charge in [0.2, 0.25) is 0 Å².